The molecule has 0 radical (unpaired) electrons. The Morgan fingerprint density at radius 3 is 2.18 bits per heavy atom. The average Bonchev–Trinajstić information content (AvgIpc) is 2.95. The molecule has 1 aliphatic rings. The van der Waals surface area contributed by atoms with Crippen molar-refractivity contribution in [3.63, 3.8) is 0 Å². The summed E-state index contributed by atoms with van der Waals surface area (Å²) in [6.07, 6.45) is 10.4. The fourth-order valence-electron chi connectivity index (χ4n) is 2.84. The standard InChI is InChI=1S/C17H34/c1-13(2)9-7-6-8-10-16-12-17(16)11-15(5)14(3)4/h13-17H,6-12H2,1-5H3. The summed E-state index contributed by atoms with van der Waals surface area (Å²) in [4.78, 5) is 0. The van der Waals surface area contributed by atoms with E-state index in [0.29, 0.717) is 0 Å². The number of hydrogen-bond acceptors (Lipinski definition) is 0. The van der Waals surface area contributed by atoms with Gasteiger partial charge in [0.05, 0.1) is 0 Å². The van der Waals surface area contributed by atoms with E-state index >= 15 is 0 Å². The Bertz CT molecular complexity index is 192. The van der Waals surface area contributed by atoms with Gasteiger partial charge in [-0.1, -0.05) is 66.7 Å². The lowest BCUT2D eigenvalue weighted by Gasteiger charge is -2.14. The molecule has 0 aromatic carbocycles. The van der Waals surface area contributed by atoms with Crippen LogP contribution >= 0.6 is 0 Å². The molecule has 0 saturated heterocycles. The lowest BCUT2D eigenvalue weighted by molar-refractivity contribution is 0.361. The predicted octanol–water partition coefficient (Wildman–Crippen LogP) is 5.91. The zero-order chi connectivity index (χ0) is 12.8. The van der Waals surface area contributed by atoms with Gasteiger partial charge in [-0.05, 0) is 42.4 Å². The molecule has 0 N–H and O–H groups in total. The molecule has 1 fully saturated rings. The van der Waals surface area contributed by atoms with E-state index in [1.54, 1.807) is 6.42 Å². The smallest absolute Gasteiger partial charge is 0.0380 e. The quantitative estimate of drug-likeness (QED) is 0.438. The zero-order valence-electron chi connectivity index (χ0n) is 12.8. The molecule has 17 heavy (non-hydrogen) atoms. The van der Waals surface area contributed by atoms with Gasteiger partial charge in [-0.25, -0.2) is 0 Å². The molecular formula is C17H34. The SMILES string of the molecule is CC(C)CCCCCC1CC1CC(C)C(C)C. The van der Waals surface area contributed by atoms with Crippen LogP contribution in [0.1, 0.15) is 79.6 Å². The van der Waals surface area contributed by atoms with Crippen molar-refractivity contribution < 1.29 is 0 Å². The molecule has 0 bridgehead atoms. The van der Waals surface area contributed by atoms with E-state index in [1.807, 2.05) is 0 Å². The predicted molar refractivity (Wildman–Crippen MR) is 78.1 cm³/mol. The highest BCUT2D eigenvalue weighted by atomic mass is 14.4. The molecular weight excluding hydrogens is 204 g/mol. The lowest BCUT2D eigenvalue weighted by atomic mass is 9.91. The van der Waals surface area contributed by atoms with E-state index in [1.165, 1.54) is 38.5 Å². The summed E-state index contributed by atoms with van der Waals surface area (Å²) in [5.41, 5.74) is 0. The van der Waals surface area contributed by atoms with Gasteiger partial charge in [0.25, 0.3) is 0 Å². The molecule has 3 unspecified atom stereocenters. The van der Waals surface area contributed by atoms with Gasteiger partial charge in [-0.3, -0.25) is 0 Å². The van der Waals surface area contributed by atoms with Crippen molar-refractivity contribution >= 4 is 0 Å². The Morgan fingerprint density at radius 2 is 1.59 bits per heavy atom. The van der Waals surface area contributed by atoms with Crippen LogP contribution in [0.5, 0.6) is 0 Å². The van der Waals surface area contributed by atoms with Crippen LogP contribution in [0.25, 0.3) is 0 Å². The molecule has 1 aliphatic carbocycles. The fraction of sp³-hybridized carbons (Fsp3) is 1.00. The molecule has 0 aliphatic heterocycles. The summed E-state index contributed by atoms with van der Waals surface area (Å²) < 4.78 is 0. The number of unbranched alkanes of at least 4 members (excludes halogenated alkanes) is 2. The van der Waals surface area contributed by atoms with Crippen LogP contribution in [0.3, 0.4) is 0 Å². The summed E-state index contributed by atoms with van der Waals surface area (Å²) in [5.74, 6) is 4.91. The van der Waals surface area contributed by atoms with Gasteiger partial charge in [0.15, 0.2) is 0 Å². The first-order valence-corrected chi connectivity index (χ1v) is 8.00. The Hall–Kier alpha value is 0. The summed E-state index contributed by atoms with van der Waals surface area (Å²) in [6.45, 7) is 11.8. The van der Waals surface area contributed by atoms with Gasteiger partial charge in [0.1, 0.15) is 0 Å². The van der Waals surface area contributed by atoms with Crippen molar-refractivity contribution in [3.8, 4) is 0 Å². The zero-order valence-corrected chi connectivity index (χ0v) is 12.8. The summed E-state index contributed by atoms with van der Waals surface area (Å²) in [6, 6.07) is 0. The molecule has 0 heterocycles. The van der Waals surface area contributed by atoms with Gasteiger partial charge >= 0.3 is 0 Å². The van der Waals surface area contributed by atoms with E-state index in [0.717, 1.165) is 29.6 Å². The lowest BCUT2D eigenvalue weighted by Crippen LogP contribution is -2.05. The third-order valence-corrected chi connectivity index (χ3v) is 4.74. The van der Waals surface area contributed by atoms with Gasteiger partial charge in [0, 0.05) is 0 Å². The van der Waals surface area contributed by atoms with Crippen molar-refractivity contribution in [1.29, 1.82) is 0 Å². The van der Waals surface area contributed by atoms with Gasteiger partial charge in [0.2, 0.25) is 0 Å². The van der Waals surface area contributed by atoms with Crippen LogP contribution in [-0.2, 0) is 0 Å². The molecule has 0 nitrogen and oxygen atoms in total. The van der Waals surface area contributed by atoms with Crippen molar-refractivity contribution in [1.82, 2.24) is 0 Å². The van der Waals surface area contributed by atoms with Crippen LogP contribution in [-0.4, -0.2) is 0 Å². The van der Waals surface area contributed by atoms with E-state index in [4.69, 9.17) is 0 Å². The fourth-order valence-corrected chi connectivity index (χ4v) is 2.84. The minimum Gasteiger partial charge on any atom is -0.0628 e. The van der Waals surface area contributed by atoms with Crippen molar-refractivity contribution in [2.75, 3.05) is 0 Å². The monoisotopic (exact) mass is 238 g/mol. The number of rotatable bonds is 9. The van der Waals surface area contributed by atoms with Crippen LogP contribution in [0.15, 0.2) is 0 Å². The van der Waals surface area contributed by atoms with E-state index < -0.39 is 0 Å². The Labute approximate surface area is 110 Å². The third kappa shape index (κ3) is 6.48. The van der Waals surface area contributed by atoms with E-state index in [-0.39, 0.29) is 0 Å². The maximum atomic E-state index is 2.43. The summed E-state index contributed by atoms with van der Waals surface area (Å²) in [7, 11) is 0. The molecule has 3 atom stereocenters. The second-order valence-corrected chi connectivity index (χ2v) is 7.24. The Morgan fingerprint density at radius 1 is 0.882 bits per heavy atom. The van der Waals surface area contributed by atoms with Crippen molar-refractivity contribution in [3.05, 3.63) is 0 Å². The topological polar surface area (TPSA) is 0 Å². The maximum Gasteiger partial charge on any atom is -0.0380 e. The molecule has 102 valence electrons. The van der Waals surface area contributed by atoms with E-state index in [9.17, 15) is 0 Å². The average molecular weight is 238 g/mol. The largest absolute Gasteiger partial charge is 0.0628 e. The highest BCUT2D eigenvalue weighted by Gasteiger charge is 2.36. The summed E-state index contributed by atoms with van der Waals surface area (Å²) in [5, 5.41) is 0. The molecule has 0 heteroatoms. The Kier molecular flexibility index (Phi) is 6.59. The van der Waals surface area contributed by atoms with E-state index in [2.05, 4.69) is 34.6 Å². The second-order valence-electron chi connectivity index (χ2n) is 7.24. The first-order chi connectivity index (χ1) is 8.00. The van der Waals surface area contributed by atoms with Crippen LogP contribution in [0, 0.1) is 29.6 Å². The molecule has 0 amide bonds. The molecule has 0 aromatic heterocycles. The minimum absolute atomic E-state index is 0.877. The molecule has 0 spiro atoms. The molecule has 0 aromatic rings. The number of hydrogen-bond donors (Lipinski definition) is 0. The van der Waals surface area contributed by atoms with Gasteiger partial charge in [-0.2, -0.15) is 0 Å². The van der Waals surface area contributed by atoms with Crippen LogP contribution in [0.2, 0.25) is 0 Å². The summed E-state index contributed by atoms with van der Waals surface area (Å²) >= 11 is 0. The van der Waals surface area contributed by atoms with Gasteiger partial charge in [-0.15, -0.1) is 0 Å². The van der Waals surface area contributed by atoms with Crippen LogP contribution in [0.4, 0.5) is 0 Å². The van der Waals surface area contributed by atoms with Crippen molar-refractivity contribution in [2.24, 2.45) is 29.6 Å². The second kappa shape index (κ2) is 7.44. The third-order valence-electron chi connectivity index (χ3n) is 4.74. The highest BCUT2D eigenvalue weighted by molar-refractivity contribution is 4.87. The Balaban J connectivity index is 1.94. The minimum atomic E-state index is 0.877. The van der Waals surface area contributed by atoms with Crippen molar-refractivity contribution in [2.45, 2.75) is 79.6 Å². The normalized spacial score (nSPS) is 25.6. The maximum absolute atomic E-state index is 2.43. The van der Waals surface area contributed by atoms with Crippen LogP contribution < -0.4 is 0 Å². The first kappa shape index (κ1) is 15.1. The molecule has 1 rings (SSSR count). The molecule has 1 saturated carbocycles. The highest BCUT2D eigenvalue weighted by Crippen LogP contribution is 2.47. The first-order valence-electron chi connectivity index (χ1n) is 8.00. The van der Waals surface area contributed by atoms with Gasteiger partial charge < -0.3 is 0 Å².